The topological polar surface area (TPSA) is 42.4 Å². The smallest absolute Gasteiger partial charge is 0.416 e. The van der Waals surface area contributed by atoms with E-state index in [-0.39, 0.29) is 12.0 Å². The Labute approximate surface area is 167 Å². The Morgan fingerprint density at radius 2 is 1.59 bits per heavy atom. The number of benzene rings is 2. The van der Waals surface area contributed by atoms with Crippen LogP contribution in [0.1, 0.15) is 42.0 Å². The lowest BCUT2D eigenvalue weighted by molar-refractivity contribution is -0.138. The molecule has 0 aliphatic heterocycles. The summed E-state index contributed by atoms with van der Waals surface area (Å²) in [5, 5.41) is 11.6. The molecule has 0 saturated carbocycles. The van der Waals surface area contributed by atoms with Crippen molar-refractivity contribution in [2.45, 2.75) is 38.1 Å². The maximum Gasteiger partial charge on any atom is 0.416 e. The number of ether oxygens (including phenoxy) is 1. The summed E-state index contributed by atoms with van der Waals surface area (Å²) < 4.78 is 45.9. The molecule has 3 aromatic rings. The zero-order chi connectivity index (χ0) is 21.1. The molecule has 3 nitrogen and oxygen atoms in total. The largest absolute Gasteiger partial charge is 0.481 e. The number of aryl methyl sites for hydroxylation is 1. The molecule has 1 N–H and O–H groups in total. The van der Waals surface area contributed by atoms with Crippen LogP contribution in [0.5, 0.6) is 5.75 Å². The van der Waals surface area contributed by atoms with Crippen LogP contribution in [0.4, 0.5) is 13.2 Å². The van der Waals surface area contributed by atoms with Crippen molar-refractivity contribution in [3.8, 4) is 5.75 Å². The summed E-state index contributed by atoms with van der Waals surface area (Å²) >= 11 is 0. The minimum absolute atomic E-state index is 0.124. The van der Waals surface area contributed by atoms with Gasteiger partial charge >= 0.3 is 6.18 Å². The third kappa shape index (κ3) is 4.59. The van der Waals surface area contributed by atoms with Crippen LogP contribution in [0.3, 0.4) is 0 Å². The van der Waals surface area contributed by atoms with Crippen molar-refractivity contribution in [3.05, 3.63) is 95.3 Å². The van der Waals surface area contributed by atoms with E-state index < -0.39 is 23.4 Å². The Morgan fingerprint density at radius 1 is 0.931 bits per heavy atom. The number of pyridine rings is 1. The maximum absolute atomic E-state index is 13.3. The minimum Gasteiger partial charge on any atom is -0.481 e. The molecule has 1 aromatic heterocycles. The third-order valence-electron chi connectivity index (χ3n) is 4.84. The molecule has 0 saturated heterocycles. The molecule has 0 aliphatic rings. The van der Waals surface area contributed by atoms with Gasteiger partial charge < -0.3 is 9.84 Å². The van der Waals surface area contributed by atoms with Gasteiger partial charge in [-0.1, -0.05) is 43.3 Å². The van der Waals surface area contributed by atoms with Crippen LogP contribution >= 0.6 is 0 Å². The number of hydrogen-bond donors (Lipinski definition) is 1. The van der Waals surface area contributed by atoms with E-state index >= 15 is 0 Å². The fourth-order valence-electron chi connectivity index (χ4n) is 3.25. The second-order valence-electron chi connectivity index (χ2n) is 6.87. The number of aromatic nitrogens is 1. The fourth-order valence-corrected chi connectivity index (χ4v) is 3.25. The van der Waals surface area contributed by atoms with Crippen LogP contribution < -0.4 is 4.74 Å². The molecule has 2 unspecified atom stereocenters. The molecule has 29 heavy (non-hydrogen) atoms. The quantitative estimate of drug-likeness (QED) is 0.565. The molecule has 0 amide bonds. The average Bonchev–Trinajstić information content (AvgIpc) is 2.72. The molecule has 2 atom stereocenters. The van der Waals surface area contributed by atoms with Crippen molar-refractivity contribution in [1.82, 2.24) is 4.98 Å². The van der Waals surface area contributed by atoms with Crippen molar-refractivity contribution < 1.29 is 23.0 Å². The lowest BCUT2D eigenvalue weighted by Gasteiger charge is -2.36. The van der Waals surface area contributed by atoms with Crippen molar-refractivity contribution in [3.63, 3.8) is 0 Å². The van der Waals surface area contributed by atoms with Crippen LogP contribution in [0.2, 0.25) is 0 Å². The monoisotopic (exact) mass is 401 g/mol. The summed E-state index contributed by atoms with van der Waals surface area (Å²) in [6, 6.07) is 18.9. The van der Waals surface area contributed by atoms with Crippen LogP contribution in [0.25, 0.3) is 0 Å². The zero-order valence-corrected chi connectivity index (χ0v) is 16.1. The van der Waals surface area contributed by atoms with Crippen LogP contribution in [0.15, 0.2) is 72.8 Å². The number of alkyl halides is 3. The van der Waals surface area contributed by atoms with Crippen LogP contribution in [0, 0.1) is 6.92 Å². The van der Waals surface area contributed by atoms with Gasteiger partial charge in [0, 0.05) is 5.69 Å². The van der Waals surface area contributed by atoms with Gasteiger partial charge in [0.25, 0.3) is 0 Å². The Balaban J connectivity index is 2.13. The number of rotatable bonds is 6. The van der Waals surface area contributed by atoms with Gasteiger partial charge in [0.1, 0.15) is 11.4 Å². The Hall–Kier alpha value is -2.86. The van der Waals surface area contributed by atoms with Gasteiger partial charge in [-0.3, -0.25) is 4.98 Å². The summed E-state index contributed by atoms with van der Waals surface area (Å²) in [5.74, 6) is 0.486. The van der Waals surface area contributed by atoms with Gasteiger partial charge in [0.2, 0.25) is 0 Å². The van der Waals surface area contributed by atoms with Crippen LogP contribution in [-0.4, -0.2) is 10.1 Å². The maximum atomic E-state index is 13.3. The minimum atomic E-state index is -4.51. The SMILES string of the molecule is CCC(O)(c1cccc(C(F)(F)F)c1)C(Oc1ccccc1)c1cccc(C)n1. The molecule has 6 heteroatoms. The van der Waals surface area contributed by atoms with Gasteiger partial charge in [0.05, 0.1) is 11.3 Å². The molecule has 152 valence electrons. The first-order chi connectivity index (χ1) is 13.7. The first kappa shape index (κ1) is 20.9. The molecule has 0 fully saturated rings. The molecule has 0 bridgehead atoms. The summed E-state index contributed by atoms with van der Waals surface area (Å²) in [7, 11) is 0. The summed E-state index contributed by atoms with van der Waals surface area (Å²) in [5.41, 5.74) is -1.27. The van der Waals surface area contributed by atoms with E-state index in [9.17, 15) is 18.3 Å². The fraction of sp³-hybridized carbons (Fsp3) is 0.261. The highest BCUT2D eigenvalue weighted by atomic mass is 19.4. The van der Waals surface area contributed by atoms with Crippen molar-refractivity contribution in [2.24, 2.45) is 0 Å². The molecule has 0 spiro atoms. The van der Waals surface area contributed by atoms with Crippen LogP contribution in [-0.2, 0) is 11.8 Å². The predicted molar refractivity (Wildman–Crippen MR) is 104 cm³/mol. The standard InChI is InChI=1S/C23H22F3NO2/c1-3-22(28,17-10-8-11-18(15-17)23(24,25)26)21(20-14-7-9-16(2)27-20)29-19-12-5-4-6-13-19/h4-15,21,28H,3H2,1-2H3. The number of halogens is 3. The van der Waals surface area contributed by atoms with Crippen molar-refractivity contribution in [2.75, 3.05) is 0 Å². The second-order valence-corrected chi connectivity index (χ2v) is 6.87. The van der Waals surface area contributed by atoms with E-state index in [1.807, 2.05) is 6.07 Å². The van der Waals surface area contributed by atoms with Crippen molar-refractivity contribution in [1.29, 1.82) is 0 Å². The van der Waals surface area contributed by atoms with E-state index in [1.165, 1.54) is 12.1 Å². The van der Waals surface area contributed by atoms with Gasteiger partial charge in [-0.25, -0.2) is 0 Å². The van der Waals surface area contributed by atoms with E-state index in [2.05, 4.69) is 4.98 Å². The average molecular weight is 401 g/mol. The highest BCUT2D eigenvalue weighted by Gasteiger charge is 2.42. The lowest BCUT2D eigenvalue weighted by Crippen LogP contribution is -2.37. The van der Waals surface area contributed by atoms with Crippen molar-refractivity contribution >= 4 is 0 Å². The molecular weight excluding hydrogens is 379 g/mol. The molecule has 0 aliphatic carbocycles. The second kappa shape index (κ2) is 8.25. The summed E-state index contributed by atoms with van der Waals surface area (Å²) in [4.78, 5) is 4.47. The van der Waals surface area contributed by atoms with Gasteiger partial charge in [0.15, 0.2) is 6.10 Å². The summed E-state index contributed by atoms with van der Waals surface area (Å²) in [6.07, 6.45) is -5.39. The molecule has 1 heterocycles. The predicted octanol–water partition coefficient (Wildman–Crippen LogP) is 5.83. The van der Waals surface area contributed by atoms with Gasteiger partial charge in [-0.2, -0.15) is 13.2 Å². The number of hydrogen-bond acceptors (Lipinski definition) is 3. The van der Waals surface area contributed by atoms with E-state index in [4.69, 9.17) is 4.74 Å². The Bertz CT molecular complexity index is 960. The van der Waals surface area contributed by atoms with Gasteiger partial charge in [-0.05, 0) is 55.3 Å². The molecule has 0 radical (unpaired) electrons. The van der Waals surface area contributed by atoms with E-state index in [0.717, 1.165) is 12.1 Å². The first-order valence-corrected chi connectivity index (χ1v) is 9.29. The Morgan fingerprint density at radius 3 is 2.21 bits per heavy atom. The number of para-hydroxylation sites is 1. The zero-order valence-electron chi connectivity index (χ0n) is 16.1. The highest BCUT2D eigenvalue weighted by Crippen LogP contribution is 2.42. The normalized spacial score (nSPS) is 14.8. The van der Waals surface area contributed by atoms with Gasteiger partial charge in [-0.15, -0.1) is 0 Å². The summed E-state index contributed by atoms with van der Waals surface area (Å²) in [6.45, 7) is 3.51. The van der Waals surface area contributed by atoms with E-state index in [0.29, 0.717) is 17.1 Å². The number of aliphatic hydroxyl groups is 1. The highest BCUT2D eigenvalue weighted by molar-refractivity contribution is 5.34. The van der Waals surface area contributed by atoms with E-state index in [1.54, 1.807) is 56.3 Å². The first-order valence-electron chi connectivity index (χ1n) is 9.29. The molecule has 2 aromatic carbocycles. The molecule has 3 rings (SSSR count). The number of nitrogens with zero attached hydrogens (tertiary/aromatic N) is 1. The Kier molecular flexibility index (Phi) is 5.94. The molecular formula is C23H22F3NO2. The third-order valence-corrected chi connectivity index (χ3v) is 4.84. The lowest BCUT2D eigenvalue weighted by atomic mass is 9.83.